The van der Waals surface area contributed by atoms with E-state index < -0.39 is 21.7 Å². The summed E-state index contributed by atoms with van der Waals surface area (Å²) in [5.74, 6) is -2.65. The SMILES string of the molecule is CCN(CC)CCNC(=O)CCNS(=O)(=O)c1ccc(F)c(F)c1. The molecule has 0 aliphatic rings. The number of carbonyl (C=O) groups is 1. The Morgan fingerprint density at radius 3 is 2.38 bits per heavy atom. The zero-order chi connectivity index (χ0) is 18.2. The second kappa shape index (κ2) is 9.65. The lowest BCUT2D eigenvalue weighted by atomic mass is 10.3. The van der Waals surface area contributed by atoms with E-state index in [1.807, 2.05) is 13.8 Å². The largest absolute Gasteiger partial charge is 0.355 e. The van der Waals surface area contributed by atoms with Crippen LogP contribution >= 0.6 is 0 Å². The fraction of sp³-hybridized carbons (Fsp3) is 0.533. The van der Waals surface area contributed by atoms with E-state index in [4.69, 9.17) is 0 Å². The first-order valence-corrected chi connectivity index (χ1v) is 9.22. The van der Waals surface area contributed by atoms with E-state index in [0.717, 1.165) is 31.8 Å². The van der Waals surface area contributed by atoms with Gasteiger partial charge in [0.15, 0.2) is 11.6 Å². The highest BCUT2D eigenvalue weighted by atomic mass is 32.2. The second-order valence-corrected chi connectivity index (χ2v) is 6.87. The number of benzene rings is 1. The third-order valence-corrected chi connectivity index (χ3v) is 4.95. The lowest BCUT2D eigenvalue weighted by Gasteiger charge is -2.17. The van der Waals surface area contributed by atoms with Crippen molar-refractivity contribution in [3.05, 3.63) is 29.8 Å². The van der Waals surface area contributed by atoms with Crippen molar-refractivity contribution in [2.75, 3.05) is 32.7 Å². The number of hydrogen-bond donors (Lipinski definition) is 2. The van der Waals surface area contributed by atoms with Crippen LogP contribution in [0.15, 0.2) is 23.1 Å². The molecule has 0 aromatic heterocycles. The van der Waals surface area contributed by atoms with E-state index in [1.165, 1.54) is 0 Å². The number of carbonyl (C=O) groups excluding carboxylic acids is 1. The maximum Gasteiger partial charge on any atom is 0.240 e. The fourth-order valence-electron chi connectivity index (χ4n) is 2.01. The topological polar surface area (TPSA) is 78.5 Å². The van der Waals surface area contributed by atoms with Gasteiger partial charge in [0.1, 0.15) is 0 Å². The number of halogens is 2. The molecule has 0 spiro atoms. The van der Waals surface area contributed by atoms with Gasteiger partial charge in [-0.05, 0) is 31.3 Å². The normalized spacial score (nSPS) is 11.7. The molecule has 0 atom stereocenters. The third kappa shape index (κ3) is 6.50. The summed E-state index contributed by atoms with van der Waals surface area (Å²) < 4.78 is 51.9. The van der Waals surface area contributed by atoms with E-state index in [9.17, 15) is 22.0 Å². The average Bonchev–Trinajstić information content (AvgIpc) is 2.54. The van der Waals surface area contributed by atoms with Crippen LogP contribution in [0.25, 0.3) is 0 Å². The molecule has 0 heterocycles. The van der Waals surface area contributed by atoms with Crippen molar-refractivity contribution in [3.63, 3.8) is 0 Å². The lowest BCUT2D eigenvalue weighted by molar-refractivity contribution is -0.120. The quantitative estimate of drug-likeness (QED) is 0.652. The van der Waals surface area contributed by atoms with E-state index in [1.54, 1.807) is 0 Å². The third-order valence-electron chi connectivity index (χ3n) is 3.49. The van der Waals surface area contributed by atoms with Gasteiger partial charge in [-0.25, -0.2) is 21.9 Å². The van der Waals surface area contributed by atoms with Crippen LogP contribution < -0.4 is 10.0 Å². The summed E-state index contributed by atoms with van der Waals surface area (Å²) >= 11 is 0. The summed E-state index contributed by atoms with van der Waals surface area (Å²) in [6, 6.07) is 2.30. The van der Waals surface area contributed by atoms with E-state index in [2.05, 4.69) is 14.9 Å². The van der Waals surface area contributed by atoms with Crippen molar-refractivity contribution in [3.8, 4) is 0 Å². The van der Waals surface area contributed by atoms with Crippen molar-refractivity contribution in [2.45, 2.75) is 25.2 Å². The molecule has 136 valence electrons. The Labute approximate surface area is 141 Å². The van der Waals surface area contributed by atoms with Crippen LogP contribution in [0.1, 0.15) is 20.3 Å². The Balaban J connectivity index is 2.40. The maximum absolute atomic E-state index is 13.1. The summed E-state index contributed by atoms with van der Waals surface area (Å²) in [5.41, 5.74) is 0. The lowest BCUT2D eigenvalue weighted by Crippen LogP contribution is -2.36. The number of likely N-dealkylation sites (N-methyl/N-ethyl adjacent to an activating group) is 1. The van der Waals surface area contributed by atoms with Gasteiger partial charge in [-0.3, -0.25) is 4.79 Å². The van der Waals surface area contributed by atoms with Gasteiger partial charge in [-0.1, -0.05) is 13.8 Å². The van der Waals surface area contributed by atoms with E-state index in [0.29, 0.717) is 12.6 Å². The molecule has 1 aromatic carbocycles. The Morgan fingerprint density at radius 1 is 1.12 bits per heavy atom. The predicted molar refractivity (Wildman–Crippen MR) is 87.0 cm³/mol. The van der Waals surface area contributed by atoms with Crippen molar-refractivity contribution in [1.82, 2.24) is 14.9 Å². The molecule has 0 radical (unpaired) electrons. The molecule has 1 amide bonds. The van der Waals surface area contributed by atoms with Crippen LogP contribution in [-0.2, 0) is 14.8 Å². The number of amides is 1. The maximum atomic E-state index is 13.1. The first-order chi connectivity index (χ1) is 11.3. The Bertz CT molecular complexity index is 649. The minimum Gasteiger partial charge on any atom is -0.355 e. The summed E-state index contributed by atoms with van der Waals surface area (Å²) in [7, 11) is -3.98. The molecule has 0 unspecified atom stereocenters. The molecule has 24 heavy (non-hydrogen) atoms. The molecule has 0 bridgehead atoms. The Morgan fingerprint density at radius 2 is 1.79 bits per heavy atom. The molecule has 0 aliphatic heterocycles. The zero-order valence-electron chi connectivity index (χ0n) is 13.8. The molecule has 1 aromatic rings. The molecule has 0 saturated heterocycles. The van der Waals surface area contributed by atoms with Crippen LogP contribution in [0.2, 0.25) is 0 Å². The molecular weight excluding hydrogens is 340 g/mol. The monoisotopic (exact) mass is 363 g/mol. The van der Waals surface area contributed by atoms with Gasteiger partial charge in [-0.15, -0.1) is 0 Å². The van der Waals surface area contributed by atoms with E-state index >= 15 is 0 Å². The van der Waals surface area contributed by atoms with Crippen molar-refractivity contribution in [2.24, 2.45) is 0 Å². The average molecular weight is 363 g/mol. The number of rotatable bonds is 10. The molecule has 6 nitrogen and oxygen atoms in total. The number of sulfonamides is 1. The van der Waals surface area contributed by atoms with Gasteiger partial charge in [0.25, 0.3) is 0 Å². The first kappa shape index (κ1) is 20.5. The molecule has 2 N–H and O–H groups in total. The van der Waals surface area contributed by atoms with Crippen molar-refractivity contribution >= 4 is 15.9 Å². The van der Waals surface area contributed by atoms with Crippen molar-refractivity contribution < 1.29 is 22.0 Å². The zero-order valence-corrected chi connectivity index (χ0v) is 14.6. The van der Waals surface area contributed by atoms with Crippen molar-refractivity contribution in [1.29, 1.82) is 0 Å². The number of hydrogen-bond acceptors (Lipinski definition) is 4. The van der Waals surface area contributed by atoms with Crippen LogP contribution in [0, 0.1) is 11.6 Å². The van der Waals surface area contributed by atoms with Gasteiger partial charge in [0.2, 0.25) is 15.9 Å². The Hall–Kier alpha value is -1.58. The highest BCUT2D eigenvalue weighted by molar-refractivity contribution is 7.89. The van der Waals surface area contributed by atoms with Crippen LogP contribution in [0.3, 0.4) is 0 Å². The fourth-order valence-corrected chi connectivity index (χ4v) is 3.05. The molecule has 9 heteroatoms. The van der Waals surface area contributed by atoms with Crippen LogP contribution in [-0.4, -0.2) is 51.9 Å². The first-order valence-electron chi connectivity index (χ1n) is 7.74. The summed E-state index contributed by atoms with van der Waals surface area (Å²) in [4.78, 5) is 13.4. The highest BCUT2D eigenvalue weighted by Crippen LogP contribution is 2.13. The van der Waals surface area contributed by atoms with E-state index in [-0.39, 0.29) is 23.8 Å². The highest BCUT2D eigenvalue weighted by Gasteiger charge is 2.16. The second-order valence-electron chi connectivity index (χ2n) is 5.10. The number of nitrogens with zero attached hydrogens (tertiary/aromatic N) is 1. The molecular formula is C15H23F2N3O3S. The molecule has 0 aliphatic carbocycles. The summed E-state index contributed by atoms with van der Waals surface area (Å²) in [5, 5.41) is 2.70. The Kier molecular flexibility index (Phi) is 8.23. The molecule has 1 rings (SSSR count). The van der Waals surface area contributed by atoms with Crippen LogP contribution in [0.5, 0.6) is 0 Å². The minimum absolute atomic E-state index is 0.0405. The standard InChI is InChI=1S/C15H23F2N3O3S/c1-3-20(4-2)10-9-18-15(21)7-8-19-24(22,23)12-5-6-13(16)14(17)11-12/h5-6,11,19H,3-4,7-10H2,1-2H3,(H,18,21). The predicted octanol–water partition coefficient (Wildman–Crippen LogP) is 1.09. The molecule has 0 saturated carbocycles. The summed E-state index contributed by atoms with van der Waals surface area (Å²) in [6.07, 6.45) is -0.0405. The van der Waals surface area contributed by atoms with Gasteiger partial charge in [0.05, 0.1) is 4.90 Å². The minimum atomic E-state index is -3.98. The number of nitrogens with one attached hydrogen (secondary N) is 2. The van der Waals surface area contributed by atoms with Gasteiger partial charge in [0, 0.05) is 26.1 Å². The summed E-state index contributed by atoms with van der Waals surface area (Å²) in [6.45, 7) is 6.91. The van der Waals surface area contributed by atoms with Gasteiger partial charge in [-0.2, -0.15) is 0 Å². The van der Waals surface area contributed by atoms with Crippen LogP contribution in [0.4, 0.5) is 8.78 Å². The smallest absolute Gasteiger partial charge is 0.240 e. The van der Waals surface area contributed by atoms with Gasteiger partial charge < -0.3 is 10.2 Å². The molecule has 0 fully saturated rings. The van der Waals surface area contributed by atoms with Gasteiger partial charge >= 0.3 is 0 Å².